The molecule has 178 valence electrons. The number of benzene rings is 4. The molecule has 0 saturated carbocycles. The molecule has 4 aromatic rings. The average molecular weight is 489 g/mol. The van der Waals surface area contributed by atoms with Crippen molar-refractivity contribution in [3.05, 3.63) is 113 Å². The van der Waals surface area contributed by atoms with Crippen LogP contribution in [0, 0.1) is 6.92 Å². The molecule has 0 bridgehead atoms. The molecule has 0 aromatic heterocycles. The van der Waals surface area contributed by atoms with E-state index in [1.165, 1.54) is 24.3 Å². The molecular weight excluding hydrogens is 464 g/mol. The molecule has 0 radical (unpaired) electrons. The van der Waals surface area contributed by atoms with Gasteiger partial charge >= 0.3 is 12.0 Å². The molecule has 0 aliphatic carbocycles. The second-order valence-corrected chi connectivity index (χ2v) is 9.94. The zero-order chi connectivity index (χ0) is 25.0. The van der Waals surface area contributed by atoms with Crippen LogP contribution in [0.25, 0.3) is 10.8 Å². The Morgan fingerprint density at radius 3 is 2.17 bits per heavy atom. The van der Waals surface area contributed by atoms with Crippen LogP contribution >= 0.6 is 0 Å². The number of hydrogen-bond acceptors (Lipinski definition) is 4. The zero-order valence-electron chi connectivity index (χ0n) is 18.9. The first kappa shape index (κ1) is 24.0. The number of carbonyl (C=O) groups is 2. The number of carboxylic acids is 1. The Bertz CT molecular complexity index is 1480. The summed E-state index contributed by atoms with van der Waals surface area (Å²) >= 11 is 0. The van der Waals surface area contributed by atoms with Gasteiger partial charge in [-0.05, 0) is 65.6 Å². The number of fused-ring (bicyclic) bond motifs is 1. The van der Waals surface area contributed by atoms with Crippen LogP contribution in [0.15, 0.2) is 95.9 Å². The summed E-state index contributed by atoms with van der Waals surface area (Å²) in [6.45, 7) is 1.84. The van der Waals surface area contributed by atoms with Crippen molar-refractivity contribution in [3.63, 3.8) is 0 Å². The van der Waals surface area contributed by atoms with Crippen molar-refractivity contribution < 1.29 is 23.1 Å². The third-order valence-electron chi connectivity index (χ3n) is 5.68. The molecule has 35 heavy (non-hydrogen) atoms. The highest BCUT2D eigenvalue weighted by Gasteiger charge is 2.21. The highest BCUT2D eigenvalue weighted by Crippen LogP contribution is 2.24. The number of rotatable bonds is 7. The number of aryl methyl sites for hydroxylation is 1. The van der Waals surface area contributed by atoms with Crippen molar-refractivity contribution in [2.24, 2.45) is 0 Å². The van der Waals surface area contributed by atoms with Crippen molar-refractivity contribution in [1.82, 2.24) is 10.0 Å². The third-order valence-corrected chi connectivity index (χ3v) is 7.03. The van der Waals surface area contributed by atoms with Crippen LogP contribution < -0.4 is 10.0 Å². The number of sulfonamides is 1. The summed E-state index contributed by atoms with van der Waals surface area (Å²) in [4.78, 5) is 24.0. The SMILES string of the molecule is Cc1ccc(S(=O)(=O)NC(=O)NC(Cc2ccc(C(=O)O)cc2)c2ccc3ccccc3c2)cc1. The maximum Gasteiger partial charge on any atom is 0.335 e. The van der Waals surface area contributed by atoms with E-state index in [2.05, 4.69) is 10.0 Å². The predicted molar refractivity (Wildman–Crippen MR) is 134 cm³/mol. The quantitative estimate of drug-likeness (QED) is 0.345. The summed E-state index contributed by atoms with van der Waals surface area (Å²) in [5.41, 5.74) is 2.63. The zero-order valence-corrected chi connectivity index (χ0v) is 19.7. The maximum absolute atomic E-state index is 12.8. The van der Waals surface area contributed by atoms with Gasteiger partial charge in [0.2, 0.25) is 0 Å². The van der Waals surface area contributed by atoms with Crippen molar-refractivity contribution in [2.45, 2.75) is 24.3 Å². The van der Waals surface area contributed by atoms with E-state index in [9.17, 15) is 18.0 Å². The van der Waals surface area contributed by atoms with Gasteiger partial charge in [-0.15, -0.1) is 0 Å². The maximum atomic E-state index is 12.8. The lowest BCUT2D eigenvalue weighted by molar-refractivity contribution is 0.0697. The normalized spacial score (nSPS) is 12.1. The standard InChI is InChI=1S/C27H24N2O5S/c1-18-6-14-24(15-7-18)35(33,34)29-27(32)28-25(16-19-8-10-21(11-9-19)26(30)31)23-13-12-20-4-2-3-5-22(20)17-23/h2-15,17,25H,16H2,1H3,(H,30,31)(H2,28,29,32). The van der Waals surface area contributed by atoms with Gasteiger partial charge in [0.05, 0.1) is 16.5 Å². The van der Waals surface area contributed by atoms with Crippen molar-refractivity contribution in [1.29, 1.82) is 0 Å². The molecule has 8 heteroatoms. The van der Waals surface area contributed by atoms with Gasteiger partial charge in [-0.3, -0.25) is 0 Å². The van der Waals surface area contributed by atoms with Crippen molar-refractivity contribution in [3.8, 4) is 0 Å². The molecule has 3 N–H and O–H groups in total. The topological polar surface area (TPSA) is 113 Å². The van der Waals surface area contributed by atoms with E-state index < -0.39 is 28.1 Å². The van der Waals surface area contributed by atoms with E-state index in [0.29, 0.717) is 6.42 Å². The van der Waals surface area contributed by atoms with E-state index in [-0.39, 0.29) is 10.5 Å². The fourth-order valence-corrected chi connectivity index (χ4v) is 4.70. The summed E-state index contributed by atoms with van der Waals surface area (Å²) in [6.07, 6.45) is 0.330. The van der Waals surface area contributed by atoms with Crippen LogP contribution in [0.5, 0.6) is 0 Å². The summed E-state index contributed by atoms with van der Waals surface area (Å²) in [7, 11) is -4.05. The second-order valence-electron chi connectivity index (χ2n) is 8.26. The molecule has 0 aliphatic rings. The third kappa shape index (κ3) is 5.85. The van der Waals surface area contributed by atoms with E-state index in [0.717, 1.165) is 27.5 Å². The van der Waals surface area contributed by atoms with Gasteiger partial charge in [-0.2, -0.15) is 0 Å². The summed E-state index contributed by atoms with van der Waals surface area (Å²) in [5, 5.41) is 13.9. The van der Waals surface area contributed by atoms with Gasteiger partial charge in [0, 0.05) is 0 Å². The first-order chi connectivity index (χ1) is 16.7. The van der Waals surface area contributed by atoms with Crippen LogP contribution in [0.3, 0.4) is 0 Å². The van der Waals surface area contributed by atoms with E-state index in [1.807, 2.05) is 49.4 Å². The second kappa shape index (κ2) is 9.99. The largest absolute Gasteiger partial charge is 0.478 e. The predicted octanol–water partition coefficient (Wildman–Crippen LogP) is 4.82. The Balaban J connectivity index is 1.60. The summed E-state index contributed by atoms with van der Waals surface area (Å²) in [6, 6.07) is 24.7. The molecule has 7 nitrogen and oxygen atoms in total. The Labute approximate surface area is 203 Å². The Hall–Kier alpha value is -4.17. The number of carbonyl (C=O) groups excluding carboxylic acids is 1. The number of carboxylic acid groups (broad SMARTS) is 1. The number of urea groups is 1. The van der Waals surface area contributed by atoms with Gasteiger partial charge in [0.15, 0.2) is 0 Å². The first-order valence-corrected chi connectivity index (χ1v) is 12.4. The van der Waals surface area contributed by atoms with Gasteiger partial charge in [0.1, 0.15) is 0 Å². The molecule has 4 aromatic carbocycles. The molecule has 0 fully saturated rings. The minimum atomic E-state index is -4.05. The van der Waals surface area contributed by atoms with Crippen molar-refractivity contribution >= 4 is 32.8 Å². The van der Waals surface area contributed by atoms with Crippen molar-refractivity contribution in [2.75, 3.05) is 0 Å². The molecule has 0 saturated heterocycles. The van der Waals surface area contributed by atoms with Crippen LogP contribution in [-0.4, -0.2) is 25.5 Å². The summed E-state index contributed by atoms with van der Waals surface area (Å²) in [5.74, 6) is -1.03. The Morgan fingerprint density at radius 1 is 0.857 bits per heavy atom. The molecule has 4 rings (SSSR count). The Morgan fingerprint density at radius 2 is 1.51 bits per heavy atom. The van der Waals surface area contributed by atoms with Crippen LogP contribution in [0.2, 0.25) is 0 Å². The monoisotopic (exact) mass is 488 g/mol. The molecular formula is C27H24N2O5S. The van der Waals surface area contributed by atoms with Gasteiger partial charge in [-0.25, -0.2) is 22.7 Å². The molecule has 0 aliphatic heterocycles. The lowest BCUT2D eigenvalue weighted by Gasteiger charge is -2.20. The van der Waals surface area contributed by atoms with Crippen LogP contribution in [0.4, 0.5) is 4.79 Å². The molecule has 1 unspecified atom stereocenters. The Kier molecular flexibility index (Phi) is 6.84. The van der Waals surface area contributed by atoms with Gasteiger partial charge < -0.3 is 10.4 Å². The molecule has 1 atom stereocenters. The van der Waals surface area contributed by atoms with E-state index in [1.54, 1.807) is 24.3 Å². The minimum absolute atomic E-state index is 0.00948. The molecule has 0 heterocycles. The van der Waals surface area contributed by atoms with Crippen LogP contribution in [0.1, 0.15) is 33.1 Å². The fraction of sp³-hybridized carbons (Fsp3) is 0.111. The smallest absolute Gasteiger partial charge is 0.335 e. The number of nitrogens with one attached hydrogen (secondary N) is 2. The van der Waals surface area contributed by atoms with E-state index in [4.69, 9.17) is 5.11 Å². The average Bonchev–Trinajstić information content (AvgIpc) is 2.83. The number of amides is 2. The fourth-order valence-electron chi connectivity index (χ4n) is 3.78. The minimum Gasteiger partial charge on any atom is -0.478 e. The van der Waals surface area contributed by atoms with Crippen LogP contribution in [-0.2, 0) is 16.4 Å². The lowest BCUT2D eigenvalue weighted by Crippen LogP contribution is -2.41. The lowest BCUT2D eigenvalue weighted by atomic mass is 9.96. The summed E-state index contributed by atoms with van der Waals surface area (Å²) < 4.78 is 27.4. The first-order valence-electron chi connectivity index (χ1n) is 10.9. The van der Waals surface area contributed by atoms with Gasteiger partial charge in [0.25, 0.3) is 10.0 Å². The number of hydrogen-bond donors (Lipinski definition) is 3. The number of aromatic carboxylic acids is 1. The van der Waals surface area contributed by atoms with Gasteiger partial charge in [-0.1, -0.05) is 66.2 Å². The van der Waals surface area contributed by atoms with E-state index >= 15 is 0 Å². The molecule has 0 spiro atoms. The molecule has 2 amide bonds. The highest BCUT2D eigenvalue weighted by molar-refractivity contribution is 7.90. The highest BCUT2D eigenvalue weighted by atomic mass is 32.2.